The molecule has 3 rings (SSSR count). The first-order valence-electron chi connectivity index (χ1n) is 6.59. The van der Waals surface area contributed by atoms with E-state index < -0.39 is 0 Å². The zero-order chi connectivity index (χ0) is 14.8. The molecule has 0 N–H and O–H groups in total. The first kappa shape index (κ1) is 14.6. The van der Waals surface area contributed by atoms with E-state index in [9.17, 15) is 9.59 Å². The highest BCUT2D eigenvalue weighted by Gasteiger charge is 2.18. The molecule has 0 aromatic carbocycles. The lowest BCUT2D eigenvalue weighted by molar-refractivity contribution is -0.132. The van der Waals surface area contributed by atoms with Gasteiger partial charge in [-0.15, -0.1) is 11.3 Å². The van der Waals surface area contributed by atoms with Crippen molar-refractivity contribution in [3.63, 3.8) is 0 Å². The Labute approximate surface area is 129 Å². The van der Waals surface area contributed by atoms with Gasteiger partial charge < -0.3 is 9.64 Å². The molecule has 1 fully saturated rings. The number of ether oxygens (including phenoxy) is 1. The van der Waals surface area contributed by atoms with Crippen LogP contribution in [0.2, 0.25) is 0 Å². The maximum atomic E-state index is 12.2. The largest absolute Gasteiger partial charge is 0.378 e. The predicted molar refractivity (Wildman–Crippen MR) is 83.0 cm³/mol. The molecule has 6 nitrogen and oxygen atoms in total. The van der Waals surface area contributed by atoms with Gasteiger partial charge in [0.25, 0.3) is 5.56 Å². The average molecular weight is 325 g/mol. The van der Waals surface area contributed by atoms with Crippen LogP contribution in [0.4, 0.5) is 0 Å². The number of hydrogen-bond acceptors (Lipinski definition) is 6. The number of rotatable bonds is 3. The Bertz CT molecular complexity index is 719. The summed E-state index contributed by atoms with van der Waals surface area (Å²) in [5.41, 5.74) is -0.0671. The van der Waals surface area contributed by atoms with Gasteiger partial charge in [0.1, 0.15) is 4.83 Å². The maximum Gasteiger partial charge on any atom is 0.262 e. The lowest BCUT2D eigenvalue weighted by Crippen LogP contribution is -2.41. The van der Waals surface area contributed by atoms with E-state index in [-0.39, 0.29) is 17.2 Å². The fourth-order valence-electron chi connectivity index (χ4n) is 2.14. The summed E-state index contributed by atoms with van der Waals surface area (Å²) in [4.78, 5) is 31.3. The summed E-state index contributed by atoms with van der Waals surface area (Å²) in [7, 11) is 1.69. The lowest BCUT2D eigenvalue weighted by atomic mass is 10.4. The minimum absolute atomic E-state index is 0.0591. The van der Waals surface area contributed by atoms with Crippen LogP contribution < -0.4 is 5.56 Å². The van der Waals surface area contributed by atoms with Crippen molar-refractivity contribution < 1.29 is 9.53 Å². The van der Waals surface area contributed by atoms with Crippen molar-refractivity contribution in [1.29, 1.82) is 0 Å². The summed E-state index contributed by atoms with van der Waals surface area (Å²) >= 11 is 2.74. The second-order valence-electron chi connectivity index (χ2n) is 4.68. The summed E-state index contributed by atoms with van der Waals surface area (Å²) in [6.45, 7) is 2.45. The average Bonchev–Trinajstić information content (AvgIpc) is 2.98. The number of fused-ring (bicyclic) bond motifs is 1. The number of morpholine rings is 1. The number of carbonyl (C=O) groups excluding carboxylic acids is 1. The van der Waals surface area contributed by atoms with Crippen molar-refractivity contribution in [3.05, 3.63) is 21.8 Å². The molecule has 0 spiro atoms. The number of aromatic nitrogens is 2. The van der Waals surface area contributed by atoms with Crippen LogP contribution in [0.1, 0.15) is 0 Å². The molecule has 0 bridgehead atoms. The highest BCUT2D eigenvalue weighted by Crippen LogP contribution is 2.20. The predicted octanol–water partition coefficient (Wildman–Crippen LogP) is 0.946. The Kier molecular flexibility index (Phi) is 4.27. The molecular weight excluding hydrogens is 310 g/mol. The molecule has 2 aromatic heterocycles. The molecular formula is C13H15N3O3S2. The zero-order valence-electron chi connectivity index (χ0n) is 11.6. The summed E-state index contributed by atoms with van der Waals surface area (Å²) < 4.78 is 6.74. The van der Waals surface area contributed by atoms with Crippen molar-refractivity contribution in [1.82, 2.24) is 14.5 Å². The Morgan fingerprint density at radius 2 is 2.24 bits per heavy atom. The van der Waals surface area contributed by atoms with Crippen LogP contribution >= 0.6 is 23.1 Å². The fourth-order valence-corrected chi connectivity index (χ4v) is 3.82. The van der Waals surface area contributed by atoms with E-state index in [1.807, 2.05) is 5.38 Å². The van der Waals surface area contributed by atoms with Crippen molar-refractivity contribution in [2.75, 3.05) is 32.1 Å². The van der Waals surface area contributed by atoms with Crippen molar-refractivity contribution in [3.8, 4) is 0 Å². The molecule has 2 aromatic rings. The van der Waals surface area contributed by atoms with Gasteiger partial charge in [0, 0.05) is 20.1 Å². The third-order valence-corrected chi connectivity index (χ3v) is 5.17. The molecule has 1 amide bonds. The molecule has 1 aliphatic rings. The second kappa shape index (κ2) is 6.17. The molecule has 0 radical (unpaired) electrons. The van der Waals surface area contributed by atoms with Crippen LogP contribution in [-0.2, 0) is 16.6 Å². The smallest absolute Gasteiger partial charge is 0.262 e. The number of carbonyl (C=O) groups is 1. The van der Waals surface area contributed by atoms with Crippen molar-refractivity contribution >= 4 is 39.2 Å². The van der Waals surface area contributed by atoms with Gasteiger partial charge in [-0.25, -0.2) is 4.98 Å². The van der Waals surface area contributed by atoms with Gasteiger partial charge in [-0.1, -0.05) is 11.8 Å². The van der Waals surface area contributed by atoms with E-state index in [4.69, 9.17) is 4.74 Å². The van der Waals surface area contributed by atoms with Crippen LogP contribution in [-0.4, -0.2) is 52.4 Å². The molecule has 0 saturated carbocycles. The van der Waals surface area contributed by atoms with Crippen molar-refractivity contribution in [2.45, 2.75) is 5.16 Å². The van der Waals surface area contributed by atoms with Gasteiger partial charge in [-0.3, -0.25) is 14.2 Å². The molecule has 8 heteroatoms. The maximum absolute atomic E-state index is 12.2. The Morgan fingerprint density at radius 3 is 3.00 bits per heavy atom. The second-order valence-corrected chi connectivity index (χ2v) is 6.52. The number of hydrogen-bond donors (Lipinski definition) is 0. The van der Waals surface area contributed by atoms with Gasteiger partial charge >= 0.3 is 0 Å². The summed E-state index contributed by atoms with van der Waals surface area (Å²) in [5, 5.41) is 3.06. The van der Waals surface area contributed by atoms with E-state index in [2.05, 4.69) is 4.98 Å². The first-order chi connectivity index (χ1) is 10.2. The Balaban J connectivity index is 1.74. The van der Waals surface area contributed by atoms with Crippen LogP contribution in [0.25, 0.3) is 10.2 Å². The monoisotopic (exact) mass is 325 g/mol. The van der Waals surface area contributed by atoms with E-state index in [1.54, 1.807) is 18.0 Å². The lowest BCUT2D eigenvalue weighted by Gasteiger charge is -2.26. The van der Waals surface area contributed by atoms with Gasteiger partial charge in [0.05, 0.1) is 24.4 Å². The molecule has 3 heterocycles. The van der Waals surface area contributed by atoms with Crippen LogP contribution in [0.5, 0.6) is 0 Å². The van der Waals surface area contributed by atoms with E-state index in [1.165, 1.54) is 27.7 Å². The van der Waals surface area contributed by atoms with Gasteiger partial charge in [-0.05, 0) is 11.4 Å². The molecule has 0 unspecified atom stereocenters. The van der Waals surface area contributed by atoms with E-state index >= 15 is 0 Å². The summed E-state index contributed by atoms with van der Waals surface area (Å²) in [6.07, 6.45) is 0. The Morgan fingerprint density at radius 1 is 1.48 bits per heavy atom. The highest BCUT2D eigenvalue weighted by atomic mass is 32.2. The van der Waals surface area contributed by atoms with Crippen LogP contribution in [0.3, 0.4) is 0 Å². The van der Waals surface area contributed by atoms with Crippen LogP contribution in [0, 0.1) is 0 Å². The molecule has 0 atom stereocenters. The van der Waals surface area contributed by atoms with Gasteiger partial charge in [0.2, 0.25) is 5.91 Å². The fraction of sp³-hybridized carbons (Fsp3) is 0.462. The molecule has 112 valence electrons. The SMILES string of the molecule is Cn1c(SCC(=O)N2CCOCC2)nc2sccc2c1=O. The third kappa shape index (κ3) is 2.97. The van der Waals surface area contributed by atoms with Gasteiger partial charge in [0.15, 0.2) is 5.16 Å². The zero-order valence-corrected chi connectivity index (χ0v) is 13.2. The number of thioether (sulfide) groups is 1. The number of thiophene rings is 1. The normalized spacial score (nSPS) is 15.6. The standard InChI is InChI=1S/C13H15N3O3S2/c1-15-12(18)9-2-7-20-11(9)14-13(15)21-8-10(17)16-3-5-19-6-4-16/h2,7H,3-6,8H2,1H3. The molecule has 1 saturated heterocycles. The van der Waals surface area contributed by atoms with Crippen LogP contribution in [0.15, 0.2) is 21.4 Å². The third-order valence-electron chi connectivity index (χ3n) is 3.35. The first-order valence-corrected chi connectivity index (χ1v) is 8.46. The summed E-state index contributed by atoms with van der Waals surface area (Å²) in [6, 6.07) is 1.78. The highest BCUT2D eigenvalue weighted by molar-refractivity contribution is 7.99. The molecule has 0 aliphatic carbocycles. The van der Waals surface area contributed by atoms with E-state index in [0.717, 1.165) is 4.83 Å². The number of nitrogens with zero attached hydrogens (tertiary/aromatic N) is 3. The van der Waals surface area contributed by atoms with E-state index in [0.29, 0.717) is 36.8 Å². The van der Waals surface area contributed by atoms with Crippen molar-refractivity contribution in [2.24, 2.45) is 7.05 Å². The van der Waals surface area contributed by atoms with Gasteiger partial charge in [-0.2, -0.15) is 0 Å². The summed E-state index contributed by atoms with van der Waals surface area (Å²) in [5.74, 6) is 0.348. The minimum Gasteiger partial charge on any atom is -0.378 e. The minimum atomic E-state index is -0.0671. The topological polar surface area (TPSA) is 64.4 Å². The molecule has 21 heavy (non-hydrogen) atoms. The quantitative estimate of drug-likeness (QED) is 0.621. The number of amides is 1. The Hall–Kier alpha value is -1.38. The molecule has 1 aliphatic heterocycles.